The second-order valence-corrected chi connectivity index (χ2v) is 15.8. The van der Waals surface area contributed by atoms with Crippen LogP contribution in [0.25, 0.3) is 0 Å². The number of hydrogen-bond donors (Lipinski definition) is 2. The molecule has 6 unspecified atom stereocenters. The van der Waals surface area contributed by atoms with Gasteiger partial charge in [0.15, 0.2) is 0 Å². The molecule has 3 fully saturated rings. The van der Waals surface area contributed by atoms with Gasteiger partial charge in [-0.25, -0.2) is 0 Å². The Balaban J connectivity index is 1.33. The number of nitrogens with zero attached hydrogens (tertiary/aromatic N) is 2. The summed E-state index contributed by atoms with van der Waals surface area (Å²) >= 11 is 14.9. The fourth-order valence-corrected chi connectivity index (χ4v) is 9.73. The Hall–Kier alpha value is -4.39. The summed E-state index contributed by atoms with van der Waals surface area (Å²) in [5, 5.41) is 12.3. The highest BCUT2D eigenvalue weighted by Crippen LogP contribution is 2.64. The lowest BCUT2D eigenvalue weighted by molar-refractivity contribution is -0.138. The number of methoxy groups -OCH3 is 1. The summed E-state index contributed by atoms with van der Waals surface area (Å²) in [7, 11) is 1.55. The molecule has 2 N–H and O–H groups in total. The van der Waals surface area contributed by atoms with Crippen LogP contribution in [0.2, 0.25) is 10.0 Å². The number of ether oxygens (including phenoxy) is 1. The van der Waals surface area contributed by atoms with E-state index < -0.39 is 46.8 Å². The summed E-state index contributed by atoms with van der Waals surface area (Å²) in [6.45, 7) is 1.78. The van der Waals surface area contributed by atoms with Gasteiger partial charge in [-0.3, -0.25) is 29.5 Å². The van der Waals surface area contributed by atoms with E-state index in [-0.39, 0.29) is 29.0 Å². The van der Waals surface area contributed by atoms with Crippen LogP contribution in [0.4, 0.5) is 11.4 Å². The molecule has 0 bridgehead atoms. The van der Waals surface area contributed by atoms with Gasteiger partial charge in [-0.2, -0.15) is 5.01 Å². The minimum absolute atomic E-state index is 0.0862. The third-order valence-electron chi connectivity index (χ3n) is 11.2. The second kappa shape index (κ2) is 12.9. The molecule has 9 nitrogen and oxygen atoms in total. The van der Waals surface area contributed by atoms with E-state index in [0.717, 1.165) is 14.2 Å². The molecule has 264 valence electrons. The summed E-state index contributed by atoms with van der Waals surface area (Å²) in [5.74, 6) is -4.50. The molecule has 4 aliphatic rings. The van der Waals surface area contributed by atoms with Crippen molar-refractivity contribution < 1.29 is 29.0 Å². The molecule has 0 radical (unpaired) electrons. The van der Waals surface area contributed by atoms with Crippen molar-refractivity contribution in [2.45, 2.75) is 31.1 Å². The van der Waals surface area contributed by atoms with Crippen molar-refractivity contribution in [3.8, 4) is 11.5 Å². The highest BCUT2D eigenvalue weighted by Gasteiger charge is 2.70. The maximum atomic E-state index is 15.4. The van der Waals surface area contributed by atoms with Crippen LogP contribution in [-0.4, -0.2) is 40.9 Å². The van der Waals surface area contributed by atoms with E-state index in [9.17, 15) is 19.5 Å². The van der Waals surface area contributed by atoms with Gasteiger partial charge in [0.05, 0.1) is 46.7 Å². The van der Waals surface area contributed by atoms with E-state index in [1.54, 1.807) is 62.6 Å². The largest absolute Gasteiger partial charge is 0.508 e. The van der Waals surface area contributed by atoms with Crippen LogP contribution < -0.4 is 15.1 Å². The zero-order chi connectivity index (χ0) is 36.6. The maximum absolute atomic E-state index is 15.4. The summed E-state index contributed by atoms with van der Waals surface area (Å²) in [4.78, 5) is 60.0. The zero-order valence-corrected chi connectivity index (χ0v) is 31.6. The summed E-state index contributed by atoms with van der Waals surface area (Å²) in [6, 6.07) is 24.3. The number of hydrazine groups is 1. The SMILES string of the molecule is COc1ccc(C23C(=O)N(Nc4ccc(Cl)cc4Cl)C(=O)C2CC2C(=CCC4C(=O)N(c5ccc(I)cc5)C(=O)C42)C3c2ccc(O)c(C)c2)cc1. The van der Waals surface area contributed by atoms with Crippen molar-refractivity contribution >= 4 is 80.8 Å². The number of carbonyl (C=O) groups excluding carboxylic acids is 4. The number of aryl methyl sites for hydroxylation is 1. The first kappa shape index (κ1) is 34.7. The number of amides is 4. The first-order valence-electron chi connectivity index (χ1n) is 16.8. The van der Waals surface area contributed by atoms with Crippen molar-refractivity contribution in [1.29, 1.82) is 0 Å². The van der Waals surface area contributed by atoms with Gasteiger partial charge in [-0.15, -0.1) is 0 Å². The predicted octanol–water partition coefficient (Wildman–Crippen LogP) is 7.81. The van der Waals surface area contributed by atoms with Crippen molar-refractivity contribution in [2.24, 2.45) is 23.7 Å². The fourth-order valence-electron chi connectivity index (χ4n) is 8.92. The third-order valence-corrected chi connectivity index (χ3v) is 12.5. The van der Waals surface area contributed by atoms with Crippen LogP contribution in [0.5, 0.6) is 11.5 Å². The number of halogens is 3. The summed E-state index contributed by atoms with van der Waals surface area (Å²) in [5.41, 5.74) is 5.03. The molecule has 8 rings (SSSR count). The molecule has 2 aliphatic carbocycles. The van der Waals surface area contributed by atoms with Gasteiger partial charge in [0, 0.05) is 14.5 Å². The van der Waals surface area contributed by atoms with Crippen LogP contribution in [0, 0.1) is 34.2 Å². The average Bonchev–Trinajstić information content (AvgIpc) is 3.51. The smallest absolute Gasteiger partial charge is 0.260 e. The molecule has 4 aromatic rings. The molecule has 4 aromatic carbocycles. The molecule has 2 heterocycles. The first-order valence-corrected chi connectivity index (χ1v) is 18.7. The van der Waals surface area contributed by atoms with Gasteiger partial charge in [-0.05, 0) is 126 Å². The summed E-state index contributed by atoms with van der Waals surface area (Å²) < 4.78 is 6.44. The number of allylic oxidation sites excluding steroid dienone is 2. The quantitative estimate of drug-likeness (QED) is 0.116. The molecule has 52 heavy (non-hydrogen) atoms. The van der Waals surface area contributed by atoms with E-state index in [4.69, 9.17) is 27.9 Å². The second-order valence-electron chi connectivity index (χ2n) is 13.7. The van der Waals surface area contributed by atoms with Crippen molar-refractivity contribution in [1.82, 2.24) is 5.01 Å². The van der Waals surface area contributed by atoms with Crippen LogP contribution in [0.1, 0.15) is 35.4 Å². The minimum atomic E-state index is -1.49. The number of rotatable bonds is 6. The van der Waals surface area contributed by atoms with Gasteiger partial charge >= 0.3 is 0 Å². The lowest BCUT2D eigenvalue weighted by Gasteiger charge is -2.50. The highest BCUT2D eigenvalue weighted by molar-refractivity contribution is 14.1. The van der Waals surface area contributed by atoms with E-state index in [2.05, 4.69) is 28.0 Å². The number of phenols is 1. The molecule has 1 saturated carbocycles. The highest BCUT2D eigenvalue weighted by atomic mass is 127. The van der Waals surface area contributed by atoms with Crippen molar-refractivity contribution in [2.75, 3.05) is 17.4 Å². The molecular weight excluding hydrogens is 816 g/mol. The number of benzene rings is 4. The number of anilines is 2. The van der Waals surface area contributed by atoms with Crippen LogP contribution in [0.15, 0.2) is 96.6 Å². The minimum Gasteiger partial charge on any atom is -0.508 e. The van der Waals surface area contributed by atoms with E-state index in [1.807, 2.05) is 36.4 Å². The van der Waals surface area contributed by atoms with Gasteiger partial charge in [0.25, 0.3) is 11.8 Å². The molecule has 2 aliphatic heterocycles. The Labute approximate surface area is 323 Å². The van der Waals surface area contributed by atoms with E-state index >= 15 is 4.79 Å². The Kier molecular flexibility index (Phi) is 8.62. The van der Waals surface area contributed by atoms with Gasteiger partial charge in [0.2, 0.25) is 11.8 Å². The standard InChI is InChI=1S/C40H32Cl2IN3O6/c1-20-17-21(3-16-33(20)47)35-27-13-14-28-34(38(50)45(36(28)48)25-9-7-24(43)8-10-25)29(27)19-30-37(49)46(44-32-15-6-23(41)18-31(32)42)39(51)40(30,35)22-4-11-26(52-2)12-5-22/h3-13,15-18,28-30,34-35,44,47H,14,19H2,1-2H3. The van der Waals surface area contributed by atoms with Crippen LogP contribution in [0.3, 0.4) is 0 Å². The van der Waals surface area contributed by atoms with Crippen LogP contribution in [-0.2, 0) is 24.6 Å². The lowest BCUT2D eigenvalue weighted by Crippen LogP contribution is -2.53. The Morgan fingerprint density at radius 2 is 1.62 bits per heavy atom. The number of carbonyl (C=O) groups is 4. The zero-order valence-electron chi connectivity index (χ0n) is 28.0. The first-order chi connectivity index (χ1) is 24.9. The number of aromatic hydroxyl groups is 1. The van der Waals surface area contributed by atoms with E-state index in [1.165, 1.54) is 11.0 Å². The van der Waals surface area contributed by atoms with Crippen molar-refractivity contribution in [3.63, 3.8) is 0 Å². The third kappa shape index (κ3) is 5.16. The van der Waals surface area contributed by atoms with Crippen molar-refractivity contribution in [3.05, 3.63) is 127 Å². The number of nitrogens with one attached hydrogen (secondary N) is 1. The Morgan fingerprint density at radius 1 is 0.885 bits per heavy atom. The topological polar surface area (TPSA) is 116 Å². The van der Waals surface area contributed by atoms with Gasteiger partial charge < -0.3 is 9.84 Å². The van der Waals surface area contributed by atoms with Gasteiger partial charge in [0.1, 0.15) is 11.5 Å². The Bertz CT molecular complexity index is 2210. The molecule has 4 amide bonds. The number of phenolic OH excluding ortho intramolecular Hbond substituents is 1. The lowest BCUT2D eigenvalue weighted by atomic mass is 9.49. The van der Waals surface area contributed by atoms with E-state index in [0.29, 0.717) is 45.3 Å². The fraction of sp³-hybridized carbons (Fsp3) is 0.250. The van der Waals surface area contributed by atoms with Gasteiger partial charge in [-0.1, -0.05) is 59.1 Å². The number of imide groups is 2. The monoisotopic (exact) mass is 847 g/mol. The summed E-state index contributed by atoms with van der Waals surface area (Å²) in [6.07, 6.45) is 2.44. The number of fused-ring (bicyclic) bond motifs is 4. The Morgan fingerprint density at radius 3 is 2.29 bits per heavy atom. The molecule has 0 aromatic heterocycles. The molecule has 6 atom stereocenters. The molecule has 2 saturated heterocycles. The van der Waals surface area contributed by atoms with Crippen LogP contribution >= 0.6 is 45.8 Å². The predicted molar refractivity (Wildman–Crippen MR) is 205 cm³/mol. The number of hydrogen-bond acceptors (Lipinski definition) is 7. The average molecular weight is 849 g/mol. The molecular formula is C40H32Cl2IN3O6. The normalized spacial score (nSPS) is 26.6. The molecule has 0 spiro atoms. The maximum Gasteiger partial charge on any atom is 0.260 e. The molecule has 12 heteroatoms.